The number of hydrogen-bond donors (Lipinski definition) is 1. The molecule has 26 heavy (non-hydrogen) atoms. The van der Waals surface area contributed by atoms with E-state index in [0.717, 1.165) is 57.7 Å². The summed E-state index contributed by atoms with van der Waals surface area (Å²) in [6, 6.07) is 4.10. The number of pyridine rings is 1. The van der Waals surface area contributed by atoms with Gasteiger partial charge in [0.15, 0.2) is 0 Å². The Bertz CT molecular complexity index is 574. The molecule has 0 aliphatic carbocycles. The molecular formula is C20H32N4O2. The van der Waals surface area contributed by atoms with Crippen LogP contribution in [0.25, 0.3) is 0 Å². The van der Waals surface area contributed by atoms with E-state index in [1.807, 2.05) is 4.90 Å². The van der Waals surface area contributed by atoms with Gasteiger partial charge in [-0.3, -0.25) is 14.7 Å². The van der Waals surface area contributed by atoms with E-state index in [2.05, 4.69) is 28.8 Å². The van der Waals surface area contributed by atoms with Crippen molar-refractivity contribution in [2.45, 2.75) is 25.8 Å². The summed E-state index contributed by atoms with van der Waals surface area (Å²) in [4.78, 5) is 23.4. The second kappa shape index (κ2) is 8.93. The van der Waals surface area contributed by atoms with Crippen molar-refractivity contribution in [1.82, 2.24) is 19.7 Å². The Morgan fingerprint density at radius 1 is 1.23 bits per heavy atom. The fraction of sp³-hybridized carbons (Fsp3) is 0.700. The lowest BCUT2D eigenvalue weighted by Gasteiger charge is -2.37. The monoisotopic (exact) mass is 360 g/mol. The van der Waals surface area contributed by atoms with Crippen LogP contribution in [-0.4, -0.2) is 89.7 Å². The number of hydrogen-bond acceptors (Lipinski definition) is 5. The quantitative estimate of drug-likeness (QED) is 0.825. The fourth-order valence-corrected chi connectivity index (χ4v) is 4.33. The van der Waals surface area contributed by atoms with Gasteiger partial charge in [0.25, 0.3) is 5.91 Å². The molecule has 0 saturated carbocycles. The number of carbonyl (C=O) groups is 1. The topological polar surface area (TPSA) is 59.9 Å². The summed E-state index contributed by atoms with van der Waals surface area (Å²) in [5.41, 5.74) is 0.725. The van der Waals surface area contributed by atoms with Gasteiger partial charge in [-0.05, 0) is 50.4 Å². The third-order valence-corrected chi connectivity index (χ3v) is 6.12. The van der Waals surface area contributed by atoms with Gasteiger partial charge < -0.3 is 14.9 Å². The normalized spacial score (nSPS) is 25.2. The minimum absolute atomic E-state index is 0.114. The van der Waals surface area contributed by atoms with Gasteiger partial charge in [0.05, 0.1) is 0 Å². The summed E-state index contributed by atoms with van der Waals surface area (Å²) < 4.78 is 0. The van der Waals surface area contributed by atoms with Crippen LogP contribution in [0.3, 0.4) is 0 Å². The molecule has 2 aliphatic heterocycles. The van der Waals surface area contributed by atoms with E-state index in [1.54, 1.807) is 24.5 Å². The highest BCUT2D eigenvalue weighted by atomic mass is 16.3. The molecule has 2 atom stereocenters. The summed E-state index contributed by atoms with van der Waals surface area (Å²) in [5.74, 6) is 1.03. The maximum atomic E-state index is 12.6. The molecule has 1 amide bonds. The molecule has 2 saturated heterocycles. The Morgan fingerprint density at radius 3 is 2.50 bits per heavy atom. The van der Waals surface area contributed by atoms with Crippen molar-refractivity contribution in [2.75, 3.05) is 52.9 Å². The van der Waals surface area contributed by atoms with Crippen molar-refractivity contribution in [3.05, 3.63) is 30.1 Å². The summed E-state index contributed by atoms with van der Waals surface area (Å²) in [6.45, 7) is 8.23. The number of carbonyl (C=O) groups excluding carboxylic acids is 1. The maximum absolute atomic E-state index is 12.6. The molecular weight excluding hydrogens is 328 g/mol. The van der Waals surface area contributed by atoms with Gasteiger partial charge in [-0.15, -0.1) is 0 Å². The van der Waals surface area contributed by atoms with Crippen LogP contribution in [0.15, 0.2) is 24.5 Å². The Morgan fingerprint density at radius 2 is 1.88 bits per heavy atom. The highest BCUT2D eigenvalue weighted by Gasteiger charge is 2.37. The number of piperidine rings is 1. The third kappa shape index (κ3) is 4.42. The number of nitrogens with zero attached hydrogens (tertiary/aromatic N) is 4. The average molecular weight is 361 g/mol. The predicted molar refractivity (Wildman–Crippen MR) is 102 cm³/mol. The zero-order valence-corrected chi connectivity index (χ0v) is 16.0. The van der Waals surface area contributed by atoms with Gasteiger partial charge in [-0.1, -0.05) is 6.92 Å². The average Bonchev–Trinajstić information content (AvgIpc) is 3.10. The van der Waals surface area contributed by atoms with Gasteiger partial charge in [-0.25, -0.2) is 0 Å². The second-order valence-electron chi connectivity index (χ2n) is 7.77. The van der Waals surface area contributed by atoms with Gasteiger partial charge in [0, 0.05) is 63.3 Å². The molecule has 0 bridgehead atoms. The zero-order chi connectivity index (χ0) is 18.5. The van der Waals surface area contributed by atoms with Crippen molar-refractivity contribution >= 4 is 5.91 Å². The van der Waals surface area contributed by atoms with Crippen molar-refractivity contribution in [1.29, 1.82) is 0 Å². The van der Waals surface area contributed by atoms with E-state index in [1.165, 1.54) is 0 Å². The van der Waals surface area contributed by atoms with E-state index in [-0.39, 0.29) is 12.5 Å². The Kier molecular flexibility index (Phi) is 6.62. The lowest BCUT2D eigenvalue weighted by molar-refractivity contribution is 0.0636. The van der Waals surface area contributed by atoms with Crippen molar-refractivity contribution in [2.24, 2.45) is 11.8 Å². The number of likely N-dealkylation sites (tertiary alicyclic amines) is 2. The summed E-state index contributed by atoms with van der Waals surface area (Å²) >= 11 is 0. The second-order valence-corrected chi connectivity index (χ2v) is 7.77. The van der Waals surface area contributed by atoms with Crippen molar-refractivity contribution < 1.29 is 9.90 Å². The third-order valence-electron chi connectivity index (χ3n) is 6.12. The molecule has 2 aliphatic rings. The molecule has 1 N–H and O–H groups in total. The summed E-state index contributed by atoms with van der Waals surface area (Å²) in [7, 11) is 2.15. The van der Waals surface area contributed by atoms with Crippen LogP contribution in [0.4, 0.5) is 0 Å². The van der Waals surface area contributed by atoms with E-state index in [0.29, 0.717) is 17.9 Å². The van der Waals surface area contributed by atoms with Gasteiger partial charge in [0.1, 0.15) is 0 Å². The lowest BCUT2D eigenvalue weighted by Crippen LogP contribution is -2.46. The molecule has 0 unspecified atom stereocenters. The molecule has 3 heterocycles. The first kappa shape index (κ1) is 19.3. The Balaban J connectivity index is 1.52. The molecule has 144 valence electrons. The maximum Gasteiger partial charge on any atom is 0.253 e. The van der Waals surface area contributed by atoms with Crippen molar-refractivity contribution in [3.8, 4) is 0 Å². The molecule has 6 nitrogen and oxygen atoms in total. The minimum Gasteiger partial charge on any atom is -0.396 e. The molecule has 0 radical (unpaired) electrons. The lowest BCUT2D eigenvalue weighted by atomic mass is 9.96. The van der Waals surface area contributed by atoms with E-state index >= 15 is 0 Å². The molecule has 2 fully saturated rings. The number of aliphatic hydroxyl groups excluding tert-OH is 1. The van der Waals surface area contributed by atoms with Gasteiger partial charge in [-0.2, -0.15) is 0 Å². The first-order valence-electron chi connectivity index (χ1n) is 9.85. The molecule has 1 aromatic heterocycles. The Labute approximate surface area is 156 Å². The standard InChI is InChI=1S/C20H32N4O2/c1-3-22(2)12-17-13-24(14-18(17)15-25)19-6-10-23(11-7-19)20(26)16-4-8-21-9-5-16/h4-5,8-9,17-19,25H,3,6-7,10-15H2,1-2H3/t17-,18-/m1/s1. The van der Waals surface area contributed by atoms with E-state index in [4.69, 9.17) is 0 Å². The van der Waals surface area contributed by atoms with Crippen LogP contribution in [0.1, 0.15) is 30.1 Å². The van der Waals surface area contributed by atoms with Crippen LogP contribution in [-0.2, 0) is 0 Å². The van der Waals surface area contributed by atoms with E-state index < -0.39 is 0 Å². The van der Waals surface area contributed by atoms with Crippen LogP contribution in [0.2, 0.25) is 0 Å². The van der Waals surface area contributed by atoms with Crippen molar-refractivity contribution in [3.63, 3.8) is 0 Å². The fourth-order valence-electron chi connectivity index (χ4n) is 4.33. The SMILES string of the molecule is CCN(C)C[C@@H]1CN(C2CCN(C(=O)c3ccncc3)CC2)C[C@@H]1CO. The molecule has 6 heteroatoms. The largest absolute Gasteiger partial charge is 0.396 e. The molecule has 3 rings (SSSR count). The first-order chi connectivity index (χ1) is 12.6. The molecule has 0 aromatic carbocycles. The van der Waals surface area contributed by atoms with Crippen LogP contribution in [0, 0.1) is 11.8 Å². The number of rotatable bonds is 6. The highest BCUT2D eigenvalue weighted by Crippen LogP contribution is 2.29. The van der Waals surface area contributed by atoms with Gasteiger partial charge in [0.2, 0.25) is 0 Å². The number of aliphatic hydroxyl groups is 1. The molecule has 0 spiro atoms. The minimum atomic E-state index is 0.114. The summed E-state index contributed by atoms with van der Waals surface area (Å²) in [5, 5.41) is 9.78. The van der Waals surface area contributed by atoms with Crippen LogP contribution < -0.4 is 0 Å². The van der Waals surface area contributed by atoms with Crippen LogP contribution >= 0.6 is 0 Å². The first-order valence-corrected chi connectivity index (χ1v) is 9.85. The summed E-state index contributed by atoms with van der Waals surface area (Å²) in [6.07, 6.45) is 5.38. The molecule has 1 aromatic rings. The smallest absolute Gasteiger partial charge is 0.253 e. The van der Waals surface area contributed by atoms with E-state index in [9.17, 15) is 9.90 Å². The highest BCUT2D eigenvalue weighted by molar-refractivity contribution is 5.94. The zero-order valence-electron chi connectivity index (χ0n) is 16.0. The predicted octanol–water partition coefficient (Wildman–Crippen LogP) is 1.18. The number of aromatic nitrogens is 1. The van der Waals surface area contributed by atoms with Crippen LogP contribution in [0.5, 0.6) is 0 Å². The number of amides is 1. The Hall–Kier alpha value is -1.50. The van der Waals surface area contributed by atoms with Gasteiger partial charge >= 0.3 is 0 Å².